The standard InChI is InChI=1S/C18H17NO/c1-3-11-8-9-18(2)15-14(11)10-19-16(15)12-6-4-5-7-13(12)17(18)20/h3-8,14-15H,1,9-10H2,2H3/t14-,15+,18+/m0/s1. The lowest BCUT2D eigenvalue weighted by Gasteiger charge is -2.44. The molecule has 20 heavy (non-hydrogen) atoms. The molecule has 1 aromatic carbocycles. The van der Waals surface area contributed by atoms with Gasteiger partial charge in [0.05, 0.1) is 0 Å². The van der Waals surface area contributed by atoms with Crippen molar-refractivity contribution in [2.24, 2.45) is 22.2 Å². The van der Waals surface area contributed by atoms with Crippen molar-refractivity contribution >= 4 is 11.5 Å². The topological polar surface area (TPSA) is 29.4 Å². The molecule has 1 aliphatic heterocycles. The van der Waals surface area contributed by atoms with Crippen LogP contribution in [0.1, 0.15) is 29.3 Å². The number of carbonyl (C=O) groups excluding carboxylic acids is 1. The van der Waals surface area contributed by atoms with Crippen molar-refractivity contribution < 1.29 is 4.79 Å². The number of rotatable bonds is 1. The van der Waals surface area contributed by atoms with Gasteiger partial charge >= 0.3 is 0 Å². The van der Waals surface area contributed by atoms with E-state index in [4.69, 9.17) is 4.99 Å². The summed E-state index contributed by atoms with van der Waals surface area (Å²) in [4.78, 5) is 17.8. The van der Waals surface area contributed by atoms with Crippen LogP contribution < -0.4 is 0 Å². The van der Waals surface area contributed by atoms with Gasteiger partial charge in [0.15, 0.2) is 5.78 Å². The molecule has 0 unspecified atom stereocenters. The second kappa shape index (κ2) is 3.78. The normalized spacial score (nSPS) is 34.0. The molecule has 3 aliphatic rings. The Morgan fingerprint density at radius 2 is 2.10 bits per heavy atom. The van der Waals surface area contributed by atoms with E-state index in [2.05, 4.69) is 19.6 Å². The Kier molecular flexibility index (Phi) is 2.24. The van der Waals surface area contributed by atoms with Crippen LogP contribution >= 0.6 is 0 Å². The van der Waals surface area contributed by atoms with Gasteiger partial charge in [-0.2, -0.15) is 0 Å². The highest BCUT2D eigenvalue weighted by Crippen LogP contribution is 2.53. The first-order valence-corrected chi connectivity index (χ1v) is 7.18. The molecule has 0 fully saturated rings. The van der Waals surface area contributed by atoms with Crippen LogP contribution in [-0.4, -0.2) is 18.0 Å². The van der Waals surface area contributed by atoms with E-state index in [1.54, 1.807) is 0 Å². The van der Waals surface area contributed by atoms with Gasteiger partial charge in [0.25, 0.3) is 0 Å². The fraction of sp³-hybridized carbons (Fsp3) is 0.333. The third-order valence-corrected chi connectivity index (χ3v) is 5.23. The molecule has 0 saturated carbocycles. The minimum Gasteiger partial charge on any atom is -0.294 e. The molecule has 3 atom stereocenters. The lowest BCUT2D eigenvalue weighted by atomic mass is 9.56. The van der Waals surface area contributed by atoms with Crippen LogP contribution in [0, 0.1) is 17.3 Å². The Morgan fingerprint density at radius 3 is 2.85 bits per heavy atom. The molecule has 0 spiro atoms. The van der Waals surface area contributed by atoms with Crippen molar-refractivity contribution in [1.29, 1.82) is 0 Å². The lowest BCUT2D eigenvalue weighted by Crippen LogP contribution is -2.48. The van der Waals surface area contributed by atoms with Gasteiger partial charge in [-0.15, -0.1) is 0 Å². The fourth-order valence-corrected chi connectivity index (χ4v) is 4.18. The summed E-state index contributed by atoms with van der Waals surface area (Å²) < 4.78 is 0. The monoisotopic (exact) mass is 263 g/mol. The molecule has 0 bridgehead atoms. The minimum absolute atomic E-state index is 0.225. The number of benzene rings is 1. The van der Waals surface area contributed by atoms with E-state index in [1.807, 2.05) is 30.3 Å². The molecule has 0 aromatic heterocycles. The van der Waals surface area contributed by atoms with Crippen molar-refractivity contribution in [3.05, 3.63) is 59.7 Å². The molecule has 1 aromatic rings. The zero-order valence-electron chi connectivity index (χ0n) is 11.6. The number of allylic oxidation sites excluding steroid dienone is 2. The van der Waals surface area contributed by atoms with Gasteiger partial charge in [0, 0.05) is 40.6 Å². The molecule has 2 heteroatoms. The van der Waals surface area contributed by atoms with Gasteiger partial charge in [-0.3, -0.25) is 9.79 Å². The maximum Gasteiger partial charge on any atom is 0.170 e. The van der Waals surface area contributed by atoms with Crippen LogP contribution in [0.15, 0.2) is 53.6 Å². The quantitative estimate of drug-likeness (QED) is 0.763. The molecule has 2 aliphatic carbocycles. The first kappa shape index (κ1) is 11.8. The van der Waals surface area contributed by atoms with Gasteiger partial charge in [0.2, 0.25) is 0 Å². The van der Waals surface area contributed by atoms with E-state index in [-0.39, 0.29) is 17.1 Å². The van der Waals surface area contributed by atoms with Crippen molar-refractivity contribution in [2.45, 2.75) is 13.3 Å². The zero-order valence-corrected chi connectivity index (χ0v) is 11.6. The number of hydrogen-bond acceptors (Lipinski definition) is 2. The molecular weight excluding hydrogens is 246 g/mol. The van der Waals surface area contributed by atoms with Crippen molar-refractivity contribution in [3.63, 3.8) is 0 Å². The first-order chi connectivity index (χ1) is 9.66. The summed E-state index contributed by atoms with van der Waals surface area (Å²) in [6.45, 7) is 6.82. The highest BCUT2D eigenvalue weighted by molar-refractivity contribution is 6.20. The molecule has 1 heterocycles. The zero-order chi connectivity index (χ0) is 13.9. The van der Waals surface area contributed by atoms with Gasteiger partial charge < -0.3 is 0 Å². The Bertz CT molecular complexity index is 697. The highest BCUT2D eigenvalue weighted by atomic mass is 16.1. The summed E-state index contributed by atoms with van der Waals surface area (Å²) in [7, 11) is 0. The van der Waals surface area contributed by atoms with Crippen molar-refractivity contribution in [2.75, 3.05) is 6.54 Å². The fourth-order valence-electron chi connectivity index (χ4n) is 4.18. The third kappa shape index (κ3) is 1.24. The minimum atomic E-state index is -0.332. The second-order valence-corrected chi connectivity index (χ2v) is 6.21. The van der Waals surface area contributed by atoms with Crippen molar-refractivity contribution in [1.82, 2.24) is 0 Å². The number of Topliss-reactive ketones (excluding diaryl/α,β-unsaturated/α-hetero) is 1. The Labute approximate surface area is 118 Å². The largest absolute Gasteiger partial charge is 0.294 e. The van der Waals surface area contributed by atoms with E-state index in [0.29, 0.717) is 5.92 Å². The number of hydrogen-bond donors (Lipinski definition) is 0. The van der Waals surface area contributed by atoms with Crippen LogP contribution in [0.5, 0.6) is 0 Å². The molecule has 2 nitrogen and oxygen atoms in total. The Balaban J connectivity index is 1.97. The van der Waals surface area contributed by atoms with E-state index in [1.165, 1.54) is 5.57 Å². The summed E-state index contributed by atoms with van der Waals surface area (Å²) in [5, 5.41) is 0. The van der Waals surface area contributed by atoms with Crippen LogP contribution in [0.3, 0.4) is 0 Å². The average Bonchev–Trinajstić information content (AvgIpc) is 2.92. The highest BCUT2D eigenvalue weighted by Gasteiger charge is 2.55. The number of nitrogens with zero attached hydrogens (tertiary/aromatic N) is 1. The summed E-state index contributed by atoms with van der Waals surface area (Å²) in [5.41, 5.74) is 3.97. The summed E-state index contributed by atoms with van der Waals surface area (Å²) in [5.74, 6) is 0.838. The predicted octanol–water partition coefficient (Wildman–Crippen LogP) is 3.44. The summed E-state index contributed by atoms with van der Waals surface area (Å²) in [6.07, 6.45) is 4.92. The molecule has 0 amide bonds. The van der Waals surface area contributed by atoms with Crippen LogP contribution in [-0.2, 0) is 0 Å². The number of carbonyl (C=O) groups is 1. The maximum absolute atomic E-state index is 13.0. The average molecular weight is 263 g/mol. The van der Waals surface area contributed by atoms with Crippen LogP contribution in [0.2, 0.25) is 0 Å². The number of ketones is 1. The molecule has 100 valence electrons. The summed E-state index contributed by atoms with van der Waals surface area (Å²) >= 11 is 0. The smallest absolute Gasteiger partial charge is 0.170 e. The SMILES string of the molecule is C=CC1=CC[C@@]2(C)C(=O)c3ccccc3C3=NC[C@@H]1[C@H]32. The molecule has 0 saturated heterocycles. The third-order valence-electron chi connectivity index (χ3n) is 5.23. The molecule has 0 N–H and O–H groups in total. The predicted molar refractivity (Wildman–Crippen MR) is 80.2 cm³/mol. The lowest BCUT2D eigenvalue weighted by molar-refractivity contribution is 0.0715. The Morgan fingerprint density at radius 1 is 1.35 bits per heavy atom. The number of fused-ring (bicyclic) bond motifs is 2. The van der Waals surface area contributed by atoms with E-state index in [9.17, 15) is 4.79 Å². The van der Waals surface area contributed by atoms with Crippen LogP contribution in [0.25, 0.3) is 0 Å². The van der Waals surface area contributed by atoms with Crippen LogP contribution in [0.4, 0.5) is 0 Å². The van der Waals surface area contributed by atoms with E-state index >= 15 is 0 Å². The van der Waals surface area contributed by atoms with Crippen molar-refractivity contribution in [3.8, 4) is 0 Å². The number of aliphatic imine (C=N–C) groups is 1. The first-order valence-electron chi connectivity index (χ1n) is 7.18. The van der Waals surface area contributed by atoms with Gasteiger partial charge in [-0.1, -0.05) is 49.9 Å². The Hall–Kier alpha value is -1.96. The van der Waals surface area contributed by atoms with Gasteiger partial charge in [0.1, 0.15) is 0 Å². The second-order valence-electron chi connectivity index (χ2n) is 6.21. The van der Waals surface area contributed by atoms with E-state index < -0.39 is 0 Å². The van der Waals surface area contributed by atoms with Gasteiger partial charge in [-0.05, 0) is 12.0 Å². The maximum atomic E-state index is 13.0. The molecule has 0 radical (unpaired) electrons. The molecule has 4 rings (SSSR count). The van der Waals surface area contributed by atoms with E-state index in [0.717, 1.165) is 29.8 Å². The van der Waals surface area contributed by atoms with Gasteiger partial charge in [-0.25, -0.2) is 0 Å². The molecular formula is C18H17NO. The summed E-state index contributed by atoms with van der Waals surface area (Å²) in [6, 6.07) is 7.93.